The van der Waals surface area contributed by atoms with Gasteiger partial charge in [-0.2, -0.15) is 18.2 Å². The van der Waals surface area contributed by atoms with Gasteiger partial charge in [0.25, 0.3) is 0 Å². The molecule has 25 heavy (non-hydrogen) atoms. The zero-order valence-corrected chi connectivity index (χ0v) is 14.2. The van der Waals surface area contributed by atoms with Crippen molar-refractivity contribution < 1.29 is 26.1 Å². The molecule has 2 N–H and O–H groups in total. The van der Waals surface area contributed by atoms with E-state index in [1.807, 2.05) is 13.8 Å². The molecule has 1 aliphatic carbocycles. The Balaban J connectivity index is 1.83. The largest absolute Gasteiger partial charge is 0.396 e. The van der Waals surface area contributed by atoms with Crippen LogP contribution in [0.4, 0.5) is 13.2 Å². The number of hydrogen-bond acceptors (Lipinski definition) is 5. The smallest absolute Gasteiger partial charge is 0.339 e. The summed E-state index contributed by atoms with van der Waals surface area (Å²) in [5.74, 6) is -0.540. The Labute approximate surface area is 142 Å². The number of nitrogens with two attached hydrogens (primary N) is 1. The molecule has 1 heterocycles. The Morgan fingerprint density at radius 2 is 1.80 bits per heavy atom. The summed E-state index contributed by atoms with van der Waals surface area (Å²) >= 11 is 0. The summed E-state index contributed by atoms with van der Waals surface area (Å²) in [5.41, 5.74) is 0.531. The molecule has 0 unspecified atom stereocenters. The van der Waals surface area contributed by atoms with Crippen LogP contribution in [-0.4, -0.2) is 24.7 Å². The minimum absolute atomic E-state index is 0.00323. The molecule has 3 rings (SSSR count). The first-order valence-electron chi connectivity index (χ1n) is 7.41. The van der Waals surface area contributed by atoms with Gasteiger partial charge in [-0.1, -0.05) is 31.1 Å². The van der Waals surface area contributed by atoms with Crippen molar-refractivity contribution >= 4 is 10.0 Å². The Kier molecular flexibility index (Phi) is 3.95. The Morgan fingerprint density at radius 3 is 2.32 bits per heavy atom. The molecule has 10 heteroatoms. The predicted octanol–water partition coefficient (Wildman–Crippen LogP) is 2.73. The standard InChI is InChI=1S/C15H16F3N3O3S/c1-14(2)11(8-3-5-9(6-4-8)25(19,22)23)12(14)13-20-10(21-24-13)7-15(16,17)18/h3-6,11-12H,7H2,1-2H3,(H2,19,22,23)/t11-,12+/m0/s1. The van der Waals surface area contributed by atoms with Crippen molar-refractivity contribution in [2.24, 2.45) is 10.6 Å². The first-order chi connectivity index (χ1) is 11.4. The maximum absolute atomic E-state index is 12.4. The SMILES string of the molecule is CC1(C)[C@@H](c2ccc(S(N)(=O)=O)cc2)[C@@H]1c1nc(CC(F)(F)F)no1. The number of nitrogens with zero attached hydrogens (tertiary/aromatic N) is 2. The summed E-state index contributed by atoms with van der Waals surface area (Å²) in [7, 11) is -3.78. The molecular weight excluding hydrogens is 359 g/mol. The summed E-state index contributed by atoms with van der Waals surface area (Å²) in [5, 5.41) is 8.47. The van der Waals surface area contributed by atoms with E-state index in [4.69, 9.17) is 9.66 Å². The van der Waals surface area contributed by atoms with E-state index < -0.39 is 28.4 Å². The van der Waals surface area contributed by atoms with E-state index in [1.54, 1.807) is 12.1 Å². The molecular formula is C15H16F3N3O3S. The highest BCUT2D eigenvalue weighted by Crippen LogP contribution is 2.69. The van der Waals surface area contributed by atoms with Gasteiger partial charge in [-0.25, -0.2) is 13.6 Å². The third-order valence-corrected chi connectivity index (χ3v) is 5.43. The number of halogens is 3. The van der Waals surface area contributed by atoms with Gasteiger partial charge < -0.3 is 4.52 Å². The van der Waals surface area contributed by atoms with Crippen molar-refractivity contribution in [1.82, 2.24) is 10.1 Å². The van der Waals surface area contributed by atoms with Gasteiger partial charge in [0.2, 0.25) is 15.9 Å². The van der Waals surface area contributed by atoms with Crippen LogP contribution in [0, 0.1) is 5.41 Å². The van der Waals surface area contributed by atoms with E-state index in [9.17, 15) is 21.6 Å². The lowest BCUT2D eigenvalue weighted by Gasteiger charge is -2.04. The number of sulfonamides is 1. The lowest BCUT2D eigenvalue weighted by Crippen LogP contribution is -2.12. The van der Waals surface area contributed by atoms with Crippen molar-refractivity contribution in [3.05, 3.63) is 41.5 Å². The molecule has 1 aromatic heterocycles. The number of primary sulfonamides is 1. The fourth-order valence-corrected chi connectivity index (χ4v) is 3.75. The molecule has 0 saturated heterocycles. The highest BCUT2D eigenvalue weighted by Gasteiger charge is 2.62. The molecule has 136 valence electrons. The molecule has 1 fully saturated rings. The highest BCUT2D eigenvalue weighted by molar-refractivity contribution is 7.89. The van der Waals surface area contributed by atoms with E-state index in [0.29, 0.717) is 0 Å². The van der Waals surface area contributed by atoms with Gasteiger partial charge in [0.1, 0.15) is 6.42 Å². The summed E-state index contributed by atoms with van der Waals surface area (Å²) < 4.78 is 64.9. The van der Waals surface area contributed by atoms with Crippen LogP contribution < -0.4 is 5.14 Å². The second kappa shape index (κ2) is 5.53. The Bertz CT molecular complexity index is 889. The van der Waals surface area contributed by atoms with Crippen LogP contribution in [0.3, 0.4) is 0 Å². The molecule has 0 radical (unpaired) electrons. The fourth-order valence-electron chi connectivity index (χ4n) is 3.23. The van der Waals surface area contributed by atoms with E-state index in [1.165, 1.54) is 12.1 Å². The summed E-state index contributed by atoms with van der Waals surface area (Å²) in [6, 6.07) is 6.08. The van der Waals surface area contributed by atoms with Gasteiger partial charge in [0, 0.05) is 5.92 Å². The van der Waals surface area contributed by atoms with E-state index in [2.05, 4.69) is 10.1 Å². The third kappa shape index (κ3) is 3.54. The average molecular weight is 375 g/mol. The van der Waals surface area contributed by atoms with Crippen LogP contribution in [0.15, 0.2) is 33.7 Å². The van der Waals surface area contributed by atoms with Gasteiger partial charge in [0.05, 0.1) is 10.8 Å². The molecule has 0 bridgehead atoms. The fraction of sp³-hybridized carbons (Fsp3) is 0.467. The number of benzene rings is 1. The van der Waals surface area contributed by atoms with E-state index in [0.717, 1.165) is 5.56 Å². The van der Waals surface area contributed by atoms with Gasteiger partial charge >= 0.3 is 6.18 Å². The maximum Gasteiger partial charge on any atom is 0.396 e. The first kappa shape index (κ1) is 17.9. The number of rotatable bonds is 4. The summed E-state index contributed by atoms with van der Waals surface area (Å²) in [4.78, 5) is 3.87. The quantitative estimate of drug-likeness (QED) is 0.886. The van der Waals surface area contributed by atoms with Crippen LogP contribution in [0.25, 0.3) is 0 Å². The lowest BCUT2D eigenvalue weighted by molar-refractivity contribution is -0.128. The molecule has 1 saturated carbocycles. The molecule has 1 aliphatic rings. The topological polar surface area (TPSA) is 99.1 Å². The molecule has 0 aliphatic heterocycles. The first-order valence-corrected chi connectivity index (χ1v) is 8.96. The van der Waals surface area contributed by atoms with Crippen LogP contribution in [0.1, 0.15) is 43.0 Å². The van der Waals surface area contributed by atoms with Crippen molar-refractivity contribution in [1.29, 1.82) is 0 Å². The molecule has 1 aromatic carbocycles. The second-order valence-corrected chi connectivity index (χ2v) is 8.29. The zero-order valence-electron chi connectivity index (χ0n) is 13.4. The molecule has 0 spiro atoms. The minimum Gasteiger partial charge on any atom is -0.339 e. The van der Waals surface area contributed by atoms with E-state index in [-0.39, 0.29) is 28.0 Å². The maximum atomic E-state index is 12.4. The van der Waals surface area contributed by atoms with Crippen molar-refractivity contribution in [2.45, 2.75) is 43.2 Å². The van der Waals surface area contributed by atoms with Crippen LogP contribution in [-0.2, 0) is 16.4 Å². The monoisotopic (exact) mass is 375 g/mol. The minimum atomic E-state index is -4.40. The summed E-state index contributed by atoms with van der Waals surface area (Å²) in [6.45, 7) is 3.87. The Morgan fingerprint density at radius 1 is 1.20 bits per heavy atom. The van der Waals surface area contributed by atoms with Crippen LogP contribution >= 0.6 is 0 Å². The van der Waals surface area contributed by atoms with Crippen LogP contribution in [0.5, 0.6) is 0 Å². The lowest BCUT2D eigenvalue weighted by atomic mass is 10.0. The number of hydrogen-bond donors (Lipinski definition) is 1. The normalized spacial score (nSPS) is 22.8. The molecule has 2 aromatic rings. The Hall–Kier alpha value is -1.94. The highest BCUT2D eigenvalue weighted by atomic mass is 32.2. The van der Waals surface area contributed by atoms with Gasteiger partial charge in [-0.15, -0.1) is 0 Å². The van der Waals surface area contributed by atoms with Gasteiger partial charge in [-0.3, -0.25) is 0 Å². The van der Waals surface area contributed by atoms with Gasteiger partial charge in [-0.05, 0) is 23.1 Å². The van der Waals surface area contributed by atoms with Crippen LogP contribution in [0.2, 0.25) is 0 Å². The average Bonchev–Trinajstić information content (AvgIpc) is 2.79. The molecule has 0 amide bonds. The van der Waals surface area contributed by atoms with Crippen molar-refractivity contribution in [3.63, 3.8) is 0 Å². The van der Waals surface area contributed by atoms with E-state index >= 15 is 0 Å². The van der Waals surface area contributed by atoms with Gasteiger partial charge in [0.15, 0.2) is 5.82 Å². The predicted molar refractivity (Wildman–Crippen MR) is 81.1 cm³/mol. The number of aromatic nitrogens is 2. The summed E-state index contributed by atoms with van der Waals surface area (Å²) in [6.07, 6.45) is -5.64. The molecule has 6 nitrogen and oxygen atoms in total. The van der Waals surface area contributed by atoms with Crippen molar-refractivity contribution in [3.8, 4) is 0 Å². The third-order valence-electron chi connectivity index (χ3n) is 4.50. The molecule has 2 atom stereocenters. The van der Waals surface area contributed by atoms with Crippen molar-refractivity contribution in [2.75, 3.05) is 0 Å². The second-order valence-electron chi connectivity index (χ2n) is 6.73. The number of alkyl halides is 3. The zero-order chi connectivity index (χ0) is 18.6.